The molecule has 1 N–H and O–H groups in total. The van der Waals surface area contributed by atoms with E-state index in [-0.39, 0.29) is 6.42 Å². The second kappa shape index (κ2) is 5.67. The van der Waals surface area contributed by atoms with Gasteiger partial charge in [-0.3, -0.25) is 4.79 Å². The highest BCUT2D eigenvalue weighted by Crippen LogP contribution is 2.25. The van der Waals surface area contributed by atoms with Crippen LogP contribution in [0.1, 0.15) is 31.4 Å². The number of carbonyl (C=O) groups is 1. The van der Waals surface area contributed by atoms with Gasteiger partial charge in [0.15, 0.2) is 0 Å². The standard InChI is InChI=1S/C10H12N4O3S/c1-2-6-9(18-14-11-6)10-13-12-7(17-10)4-3-5-8(15)16/h2-5H2,1H3,(H,15,16). The summed E-state index contributed by atoms with van der Waals surface area (Å²) in [6.07, 6.45) is 1.80. The fourth-order valence-corrected chi connectivity index (χ4v) is 2.11. The molecule has 0 aromatic carbocycles. The quantitative estimate of drug-likeness (QED) is 0.847. The zero-order valence-corrected chi connectivity index (χ0v) is 10.6. The molecule has 0 spiro atoms. The van der Waals surface area contributed by atoms with Crippen molar-refractivity contribution in [2.24, 2.45) is 0 Å². The molecule has 18 heavy (non-hydrogen) atoms. The van der Waals surface area contributed by atoms with Crippen molar-refractivity contribution in [2.75, 3.05) is 0 Å². The molecule has 0 bridgehead atoms. The van der Waals surface area contributed by atoms with Crippen LogP contribution in [0, 0.1) is 0 Å². The molecule has 0 aliphatic heterocycles. The van der Waals surface area contributed by atoms with Crippen LogP contribution in [0.2, 0.25) is 0 Å². The van der Waals surface area contributed by atoms with Crippen LogP contribution >= 0.6 is 11.5 Å². The second-order valence-electron chi connectivity index (χ2n) is 3.65. The van der Waals surface area contributed by atoms with Crippen LogP contribution in [0.4, 0.5) is 0 Å². The molecule has 0 unspecified atom stereocenters. The van der Waals surface area contributed by atoms with E-state index in [2.05, 4.69) is 19.8 Å². The van der Waals surface area contributed by atoms with Crippen molar-refractivity contribution in [1.82, 2.24) is 19.8 Å². The van der Waals surface area contributed by atoms with E-state index in [1.807, 2.05) is 6.92 Å². The largest absolute Gasteiger partial charge is 0.481 e. The second-order valence-corrected chi connectivity index (χ2v) is 4.40. The molecule has 0 radical (unpaired) electrons. The van der Waals surface area contributed by atoms with Gasteiger partial charge in [-0.1, -0.05) is 11.4 Å². The Labute approximate surface area is 107 Å². The van der Waals surface area contributed by atoms with Crippen molar-refractivity contribution >= 4 is 17.5 Å². The molecule has 0 aliphatic carbocycles. The molecule has 0 aliphatic rings. The van der Waals surface area contributed by atoms with Gasteiger partial charge in [0.25, 0.3) is 5.89 Å². The van der Waals surface area contributed by atoms with Crippen LogP contribution in [0.3, 0.4) is 0 Å². The number of nitrogens with zero attached hydrogens (tertiary/aromatic N) is 4. The summed E-state index contributed by atoms with van der Waals surface area (Å²) in [5.41, 5.74) is 0.834. The van der Waals surface area contributed by atoms with Crippen LogP contribution in [0.15, 0.2) is 4.42 Å². The minimum atomic E-state index is -0.824. The Bertz CT molecular complexity index is 537. The van der Waals surface area contributed by atoms with Crippen molar-refractivity contribution in [3.63, 3.8) is 0 Å². The lowest BCUT2D eigenvalue weighted by Gasteiger charge is -1.92. The first-order valence-corrected chi connectivity index (χ1v) is 6.33. The third kappa shape index (κ3) is 2.89. The summed E-state index contributed by atoms with van der Waals surface area (Å²) in [6, 6.07) is 0. The Balaban J connectivity index is 2.04. The van der Waals surface area contributed by atoms with E-state index in [9.17, 15) is 4.79 Å². The SMILES string of the molecule is CCc1nnsc1-c1nnc(CCCC(=O)O)o1. The van der Waals surface area contributed by atoms with Gasteiger partial charge in [-0.15, -0.1) is 15.3 Å². The summed E-state index contributed by atoms with van der Waals surface area (Å²) in [5, 5.41) is 20.3. The summed E-state index contributed by atoms with van der Waals surface area (Å²) in [4.78, 5) is 11.2. The lowest BCUT2D eigenvalue weighted by atomic mass is 10.2. The molecule has 2 heterocycles. The molecule has 2 rings (SSSR count). The maximum absolute atomic E-state index is 10.4. The van der Waals surface area contributed by atoms with Crippen LogP contribution in [0.25, 0.3) is 10.8 Å². The number of aliphatic carboxylic acids is 1. The lowest BCUT2D eigenvalue weighted by molar-refractivity contribution is -0.137. The Kier molecular flexibility index (Phi) is 3.98. The molecule has 7 nitrogen and oxygen atoms in total. The number of aryl methyl sites for hydroxylation is 2. The van der Waals surface area contributed by atoms with Gasteiger partial charge in [0, 0.05) is 12.8 Å². The van der Waals surface area contributed by atoms with Crippen molar-refractivity contribution in [3.05, 3.63) is 11.6 Å². The minimum Gasteiger partial charge on any atom is -0.481 e. The molecular formula is C10H12N4O3S. The van der Waals surface area contributed by atoms with Crippen molar-refractivity contribution in [1.29, 1.82) is 0 Å². The third-order valence-electron chi connectivity index (χ3n) is 2.33. The van der Waals surface area contributed by atoms with Gasteiger partial charge in [0.1, 0.15) is 4.88 Å². The predicted molar refractivity (Wildman–Crippen MR) is 63.2 cm³/mol. The summed E-state index contributed by atoms with van der Waals surface area (Å²) in [5.74, 6) is 0.0311. The molecule has 0 atom stereocenters. The van der Waals surface area contributed by atoms with Crippen LogP contribution in [-0.2, 0) is 17.6 Å². The Morgan fingerprint density at radius 1 is 1.39 bits per heavy atom. The summed E-state index contributed by atoms with van der Waals surface area (Å²) in [6.45, 7) is 1.98. The molecule has 2 aromatic heterocycles. The topological polar surface area (TPSA) is 102 Å². The maximum Gasteiger partial charge on any atom is 0.303 e. The van der Waals surface area contributed by atoms with E-state index >= 15 is 0 Å². The highest BCUT2D eigenvalue weighted by Gasteiger charge is 2.15. The Morgan fingerprint density at radius 3 is 2.94 bits per heavy atom. The van der Waals surface area contributed by atoms with E-state index in [1.54, 1.807) is 0 Å². The zero-order valence-electron chi connectivity index (χ0n) is 9.79. The fraction of sp³-hybridized carbons (Fsp3) is 0.500. The monoisotopic (exact) mass is 268 g/mol. The van der Waals surface area contributed by atoms with Gasteiger partial charge in [0.05, 0.1) is 5.69 Å². The number of carboxylic acids is 1. The van der Waals surface area contributed by atoms with Crippen molar-refractivity contribution in [3.8, 4) is 10.8 Å². The predicted octanol–water partition coefficient (Wildman–Crippen LogP) is 1.56. The van der Waals surface area contributed by atoms with E-state index in [0.717, 1.165) is 17.0 Å². The zero-order chi connectivity index (χ0) is 13.0. The smallest absolute Gasteiger partial charge is 0.303 e. The van der Waals surface area contributed by atoms with Crippen molar-refractivity contribution < 1.29 is 14.3 Å². The van der Waals surface area contributed by atoms with E-state index in [0.29, 0.717) is 24.6 Å². The average Bonchev–Trinajstić information content (AvgIpc) is 2.95. The average molecular weight is 268 g/mol. The first-order valence-electron chi connectivity index (χ1n) is 5.56. The first-order chi connectivity index (χ1) is 8.70. The number of hydrogen-bond acceptors (Lipinski definition) is 7. The van der Waals surface area contributed by atoms with Gasteiger partial charge < -0.3 is 9.52 Å². The van der Waals surface area contributed by atoms with Gasteiger partial charge in [-0.2, -0.15) is 0 Å². The van der Waals surface area contributed by atoms with E-state index < -0.39 is 5.97 Å². The molecule has 0 saturated heterocycles. The van der Waals surface area contributed by atoms with E-state index in [1.165, 1.54) is 11.5 Å². The molecule has 8 heteroatoms. The number of rotatable bonds is 6. The van der Waals surface area contributed by atoms with E-state index in [4.69, 9.17) is 9.52 Å². The first kappa shape index (κ1) is 12.6. The Hall–Kier alpha value is -1.83. The van der Waals surface area contributed by atoms with Crippen LogP contribution < -0.4 is 0 Å². The molecule has 0 saturated carbocycles. The van der Waals surface area contributed by atoms with Crippen LogP contribution in [0.5, 0.6) is 0 Å². The van der Waals surface area contributed by atoms with Gasteiger partial charge in [-0.25, -0.2) is 0 Å². The lowest BCUT2D eigenvalue weighted by Crippen LogP contribution is -1.95. The highest BCUT2D eigenvalue weighted by molar-refractivity contribution is 7.09. The molecule has 96 valence electrons. The number of aromatic nitrogens is 4. The Morgan fingerprint density at radius 2 is 2.22 bits per heavy atom. The molecular weight excluding hydrogens is 256 g/mol. The third-order valence-corrected chi connectivity index (χ3v) is 3.09. The summed E-state index contributed by atoms with van der Waals surface area (Å²) < 4.78 is 9.32. The summed E-state index contributed by atoms with van der Waals surface area (Å²) in [7, 11) is 0. The maximum atomic E-state index is 10.4. The van der Waals surface area contributed by atoms with Gasteiger partial charge in [-0.05, 0) is 24.4 Å². The highest BCUT2D eigenvalue weighted by atomic mass is 32.1. The molecule has 0 amide bonds. The van der Waals surface area contributed by atoms with Gasteiger partial charge >= 0.3 is 5.97 Å². The number of hydrogen-bond donors (Lipinski definition) is 1. The fourth-order valence-electron chi connectivity index (χ4n) is 1.44. The molecule has 2 aromatic rings. The number of carboxylic acid groups (broad SMARTS) is 1. The minimum absolute atomic E-state index is 0.0973. The van der Waals surface area contributed by atoms with Gasteiger partial charge in [0.2, 0.25) is 5.89 Å². The normalized spacial score (nSPS) is 10.7. The van der Waals surface area contributed by atoms with Crippen molar-refractivity contribution in [2.45, 2.75) is 32.6 Å². The van der Waals surface area contributed by atoms with Crippen LogP contribution in [-0.4, -0.2) is 30.9 Å². The summed E-state index contributed by atoms with van der Waals surface area (Å²) >= 11 is 1.22. The molecule has 0 fully saturated rings.